The van der Waals surface area contributed by atoms with Crippen LogP contribution >= 0.6 is 0 Å². The molecule has 0 aromatic rings. The van der Waals surface area contributed by atoms with Gasteiger partial charge in [0.15, 0.2) is 0 Å². The lowest BCUT2D eigenvalue weighted by molar-refractivity contribution is -0.117. The molecule has 46 valence electrons. The first-order chi connectivity index (χ1) is 3.77. The standard InChI is InChI=1S/C4H7NO.C2H4/c1-2-3-4(5)6;1-2/h2H,1,3H2,(H2,5,6);1-2H2. The van der Waals surface area contributed by atoms with E-state index in [1.807, 2.05) is 0 Å². The van der Waals surface area contributed by atoms with Gasteiger partial charge in [0, 0.05) is 6.42 Å². The normalized spacial score (nSPS) is 6.00. The maximum absolute atomic E-state index is 9.75. The van der Waals surface area contributed by atoms with Crippen LogP contribution in [0.1, 0.15) is 6.42 Å². The molecule has 0 aliphatic carbocycles. The highest BCUT2D eigenvalue weighted by Crippen LogP contribution is 1.71. The van der Waals surface area contributed by atoms with Gasteiger partial charge in [-0.25, -0.2) is 0 Å². The van der Waals surface area contributed by atoms with E-state index in [4.69, 9.17) is 5.73 Å². The van der Waals surface area contributed by atoms with Crippen molar-refractivity contribution in [3.05, 3.63) is 25.8 Å². The second-order valence-electron chi connectivity index (χ2n) is 0.959. The van der Waals surface area contributed by atoms with Gasteiger partial charge in [-0.2, -0.15) is 0 Å². The van der Waals surface area contributed by atoms with Crippen molar-refractivity contribution in [2.45, 2.75) is 6.42 Å². The largest absolute Gasteiger partial charge is 0.369 e. The van der Waals surface area contributed by atoms with Crippen molar-refractivity contribution in [2.24, 2.45) is 5.73 Å². The van der Waals surface area contributed by atoms with Crippen molar-refractivity contribution >= 4 is 5.91 Å². The molecule has 0 unspecified atom stereocenters. The third-order valence-corrected chi connectivity index (χ3v) is 0.346. The van der Waals surface area contributed by atoms with Gasteiger partial charge in [-0.1, -0.05) is 6.08 Å². The molecule has 0 aromatic carbocycles. The minimum atomic E-state index is -0.329. The van der Waals surface area contributed by atoms with Crippen LogP contribution in [-0.2, 0) is 4.79 Å². The molecule has 0 aliphatic rings. The summed E-state index contributed by atoms with van der Waals surface area (Å²) in [6, 6.07) is 0. The summed E-state index contributed by atoms with van der Waals surface area (Å²) in [5.41, 5.74) is 4.69. The molecule has 0 rings (SSSR count). The summed E-state index contributed by atoms with van der Waals surface area (Å²) in [5, 5.41) is 0. The van der Waals surface area contributed by atoms with Crippen molar-refractivity contribution in [2.75, 3.05) is 0 Å². The van der Waals surface area contributed by atoms with Crippen LogP contribution in [0.15, 0.2) is 25.8 Å². The molecule has 0 aliphatic heterocycles. The van der Waals surface area contributed by atoms with Crippen molar-refractivity contribution in [1.82, 2.24) is 0 Å². The molecular weight excluding hydrogens is 102 g/mol. The fourth-order valence-electron chi connectivity index (χ4n) is 0.142. The smallest absolute Gasteiger partial charge is 0.221 e. The van der Waals surface area contributed by atoms with Gasteiger partial charge >= 0.3 is 0 Å². The lowest BCUT2D eigenvalue weighted by Crippen LogP contribution is -2.07. The summed E-state index contributed by atoms with van der Waals surface area (Å²) in [6.07, 6.45) is 1.75. The molecule has 0 fully saturated rings. The van der Waals surface area contributed by atoms with Crippen LogP contribution in [0, 0.1) is 0 Å². The summed E-state index contributed by atoms with van der Waals surface area (Å²) in [6.45, 7) is 9.30. The molecule has 0 spiro atoms. The van der Waals surface area contributed by atoms with Crippen LogP contribution in [0.4, 0.5) is 0 Å². The first kappa shape index (κ1) is 10.0. The molecular formula is C6H11NO. The van der Waals surface area contributed by atoms with Gasteiger partial charge in [-0.15, -0.1) is 19.7 Å². The number of primary amides is 1. The Morgan fingerprint density at radius 2 is 2.00 bits per heavy atom. The SMILES string of the molecule is C=C.C=CCC(N)=O. The second kappa shape index (κ2) is 9.34. The van der Waals surface area contributed by atoms with Crippen LogP contribution in [0.5, 0.6) is 0 Å². The monoisotopic (exact) mass is 113 g/mol. The van der Waals surface area contributed by atoms with Gasteiger partial charge in [0.1, 0.15) is 0 Å². The fraction of sp³-hybridized carbons (Fsp3) is 0.167. The fourth-order valence-corrected chi connectivity index (χ4v) is 0.142. The van der Waals surface area contributed by atoms with Crippen LogP contribution in [-0.4, -0.2) is 5.91 Å². The van der Waals surface area contributed by atoms with Crippen LogP contribution in [0.2, 0.25) is 0 Å². The highest BCUT2D eigenvalue weighted by molar-refractivity contribution is 5.75. The number of hydrogen-bond acceptors (Lipinski definition) is 1. The van der Waals surface area contributed by atoms with Gasteiger partial charge in [-0.05, 0) is 0 Å². The first-order valence-corrected chi connectivity index (χ1v) is 2.16. The van der Waals surface area contributed by atoms with E-state index in [9.17, 15) is 4.79 Å². The van der Waals surface area contributed by atoms with Crippen LogP contribution < -0.4 is 5.73 Å². The van der Waals surface area contributed by atoms with Crippen molar-refractivity contribution < 1.29 is 4.79 Å². The lowest BCUT2D eigenvalue weighted by atomic mass is 10.4. The number of hydrogen-bond donors (Lipinski definition) is 1. The summed E-state index contributed by atoms with van der Waals surface area (Å²) in [5.74, 6) is -0.329. The van der Waals surface area contributed by atoms with Gasteiger partial charge in [0.05, 0.1) is 0 Å². The molecule has 1 amide bonds. The molecule has 0 aromatic heterocycles. The van der Waals surface area contributed by atoms with E-state index in [1.165, 1.54) is 6.08 Å². The number of rotatable bonds is 2. The highest BCUT2D eigenvalue weighted by Gasteiger charge is 1.80. The second-order valence-corrected chi connectivity index (χ2v) is 0.959. The summed E-state index contributed by atoms with van der Waals surface area (Å²) in [4.78, 5) is 9.75. The number of amides is 1. The molecule has 0 bridgehead atoms. The Morgan fingerprint density at radius 1 is 1.62 bits per heavy atom. The average molecular weight is 113 g/mol. The minimum absolute atomic E-state index is 0.278. The van der Waals surface area contributed by atoms with Crippen molar-refractivity contribution in [1.29, 1.82) is 0 Å². The maximum Gasteiger partial charge on any atom is 0.221 e. The van der Waals surface area contributed by atoms with E-state index in [1.54, 1.807) is 0 Å². The molecule has 2 heteroatoms. The Bertz CT molecular complexity index is 78.6. The molecule has 2 N–H and O–H groups in total. The van der Waals surface area contributed by atoms with Crippen LogP contribution in [0.3, 0.4) is 0 Å². The Morgan fingerprint density at radius 3 is 2.00 bits per heavy atom. The van der Waals surface area contributed by atoms with E-state index in [-0.39, 0.29) is 12.3 Å². The van der Waals surface area contributed by atoms with Gasteiger partial charge < -0.3 is 5.73 Å². The first-order valence-electron chi connectivity index (χ1n) is 2.16. The molecule has 0 saturated carbocycles. The van der Waals surface area contributed by atoms with E-state index < -0.39 is 0 Å². The molecule has 2 nitrogen and oxygen atoms in total. The topological polar surface area (TPSA) is 43.1 Å². The van der Waals surface area contributed by atoms with Crippen molar-refractivity contribution in [3.8, 4) is 0 Å². The predicted molar refractivity (Wildman–Crippen MR) is 35.3 cm³/mol. The van der Waals surface area contributed by atoms with E-state index in [0.717, 1.165) is 0 Å². The zero-order chi connectivity index (χ0) is 6.99. The summed E-state index contributed by atoms with van der Waals surface area (Å²) in [7, 11) is 0. The summed E-state index contributed by atoms with van der Waals surface area (Å²) >= 11 is 0. The third kappa shape index (κ3) is 20.3. The zero-order valence-corrected chi connectivity index (χ0v) is 4.89. The molecule has 0 heterocycles. The van der Waals surface area contributed by atoms with E-state index >= 15 is 0 Å². The Hall–Kier alpha value is -1.05. The highest BCUT2D eigenvalue weighted by atomic mass is 16.1. The zero-order valence-electron chi connectivity index (χ0n) is 4.89. The average Bonchev–Trinajstić information content (AvgIpc) is 1.72. The Balaban J connectivity index is 0. The number of carbonyl (C=O) groups excluding carboxylic acids is 1. The van der Waals surface area contributed by atoms with Gasteiger partial charge in [0.25, 0.3) is 0 Å². The number of nitrogens with two attached hydrogens (primary N) is 1. The van der Waals surface area contributed by atoms with Crippen molar-refractivity contribution in [3.63, 3.8) is 0 Å². The number of carbonyl (C=O) groups is 1. The Labute approximate surface area is 49.7 Å². The van der Waals surface area contributed by atoms with Crippen LogP contribution in [0.25, 0.3) is 0 Å². The quantitative estimate of drug-likeness (QED) is 0.530. The lowest BCUT2D eigenvalue weighted by Gasteiger charge is -1.76. The van der Waals surface area contributed by atoms with E-state index in [2.05, 4.69) is 19.7 Å². The third-order valence-electron chi connectivity index (χ3n) is 0.346. The molecule has 0 atom stereocenters. The summed E-state index contributed by atoms with van der Waals surface area (Å²) < 4.78 is 0. The Kier molecular flexibility index (Phi) is 11.7. The maximum atomic E-state index is 9.75. The molecule has 0 radical (unpaired) electrons. The molecule has 8 heavy (non-hydrogen) atoms. The van der Waals surface area contributed by atoms with Gasteiger partial charge in [-0.3, -0.25) is 4.79 Å². The minimum Gasteiger partial charge on any atom is -0.369 e. The molecule has 0 saturated heterocycles. The predicted octanol–water partition coefficient (Wildman–Crippen LogP) is 0.850. The van der Waals surface area contributed by atoms with Gasteiger partial charge in [0.2, 0.25) is 5.91 Å². The van der Waals surface area contributed by atoms with E-state index in [0.29, 0.717) is 0 Å².